The van der Waals surface area contributed by atoms with Crippen molar-refractivity contribution in [1.82, 2.24) is 5.32 Å². The van der Waals surface area contributed by atoms with E-state index < -0.39 is 41.2 Å². The number of phenols is 1. The summed E-state index contributed by atoms with van der Waals surface area (Å²) in [6, 6.07) is 10.9. The van der Waals surface area contributed by atoms with Gasteiger partial charge in [-0.25, -0.2) is 4.90 Å². The van der Waals surface area contributed by atoms with Crippen LogP contribution >= 0.6 is 0 Å². The summed E-state index contributed by atoms with van der Waals surface area (Å²) in [5.74, 6) is -4.06. The number of anilines is 1. The van der Waals surface area contributed by atoms with Crippen molar-refractivity contribution in [2.24, 2.45) is 11.8 Å². The predicted molar refractivity (Wildman–Crippen MR) is 112 cm³/mol. The molecule has 2 aromatic carbocycles. The summed E-state index contributed by atoms with van der Waals surface area (Å²) in [6.07, 6.45) is 0.819. The minimum absolute atomic E-state index is 0.0757. The number of carbonyl (C=O) groups is 3. The van der Waals surface area contributed by atoms with E-state index in [-0.39, 0.29) is 11.5 Å². The number of aromatic hydroxyl groups is 1. The van der Waals surface area contributed by atoms with Crippen LogP contribution in [0.3, 0.4) is 0 Å². The highest BCUT2D eigenvalue weighted by Crippen LogP contribution is 2.50. The summed E-state index contributed by atoms with van der Waals surface area (Å²) in [5, 5.41) is 22.9. The van der Waals surface area contributed by atoms with Crippen LogP contribution in [0.5, 0.6) is 11.5 Å². The van der Waals surface area contributed by atoms with Crippen LogP contribution in [0.4, 0.5) is 5.69 Å². The fraction of sp³-hybridized carbons (Fsp3) is 0.348. The number of rotatable bonds is 5. The number of methoxy groups -OCH3 is 1. The second-order valence-corrected chi connectivity index (χ2v) is 8.10. The van der Waals surface area contributed by atoms with Crippen LogP contribution in [-0.2, 0) is 20.8 Å². The number of benzene rings is 2. The molecule has 8 heteroatoms. The molecule has 2 aromatic rings. The fourth-order valence-electron chi connectivity index (χ4n) is 4.64. The van der Waals surface area contributed by atoms with Gasteiger partial charge in [-0.2, -0.15) is 0 Å². The highest BCUT2D eigenvalue weighted by molar-refractivity contribution is 6.24. The fourth-order valence-corrected chi connectivity index (χ4v) is 4.64. The number of amides is 2. The smallest absolute Gasteiger partial charge is 0.324 e. The largest absolute Gasteiger partial charge is 0.504 e. The minimum Gasteiger partial charge on any atom is -0.504 e. The molecule has 0 aromatic heterocycles. The zero-order chi connectivity index (χ0) is 22.5. The molecule has 4 unspecified atom stereocenters. The molecule has 0 radical (unpaired) electrons. The SMILES string of the molecule is CCc1ccc(N2C(=O)C3C(c4ccc(O)c(OC)c4)NC(C)(C(=O)O)C3C2=O)cc1. The number of imide groups is 1. The lowest BCUT2D eigenvalue weighted by Crippen LogP contribution is -2.53. The number of nitrogens with one attached hydrogen (secondary N) is 1. The first-order valence-corrected chi connectivity index (χ1v) is 10.1. The molecule has 2 heterocycles. The number of carboxylic acid groups (broad SMARTS) is 1. The van der Waals surface area contributed by atoms with Gasteiger partial charge < -0.3 is 14.9 Å². The lowest BCUT2D eigenvalue weighted by atomic mass is 9.80. The predicted octanol–water partition coefficient (Wildman–Crippen LogP) is 2.26. The Kier molecular flexibility index (Phi) is 4.97. The number of aryl methyl sites for hydroxylation is 1. The molecule has 4 atom stereocenters. The van der Waals surface area contributed by atoms with E-state index in [1.807, 2.05) is 19.1 Å². The lowest BCUT2D eigenvalue weighted by Gasteiger charge is -2.27. The monoisotopic (exact) mass is 424 g/mol. The van der Waals surface area contributed by atoms with Crippen molar-refractivity contribution < 1.29 is 29.3 Å². The van der Waals surface area contributed by atoms with Gasteiger partial charge in [0.15, 0.2) is 11.5 Å². The van der Waals surface area contributed by atoms with E-state index in [4.69, 9.17) is 4.74 Å². The summed E-state index contributed by atoms with van der Waals surface area (Å²) in [6.45, 7) is 3.44. The molecular formula is C23H24N2O6. The van der Waals surface area contributed by atoms with Crippen LogP contribution in [0.2, 0.25) is 0 Å². The zero-order valence-corrected chi connectivity index (χ0v) is 17.5. The van der Waals surface area contributed by atoms with Gasteiger partial charge >= 0.3 is 5.97 Å². The van der Waals surface area contributed by atoms with Gasteiger partial charge in [0.2, 0.25) is 11.8 Å². The number of carbonyl (C=O) groups excluding carboxylic acids is 2. The molecule has 2 amide bonds. The summed E-state index contributed by atoms with van der Waals surface area (Å²) >= 11 is 0. The number of phenolic OH excluding ortho intramolecular Hbond substituents is 1. The van der Waals surface area contributed by atoms with Crippen molar-refractivity contribution in [2.45, 2.75) is 31.8 Å². The number of ether oxygens (including phenoxy) is 1. The molecule has 2 aliphatic heterocycles. The first-order valence-electron chi connectivity index (χ1n) is 10.1. The second-order valence-electron chi connectivity index (χ2n) is 8.10. The Morgan fingerprint density at radius 3 is 2.42 bits per heavy atom. The molecular weight excluding hydrogens is 400 g/mol. The van der Waals surface area contributed by atoms with Crippen LogP contribution in [-0.4, -0.2) is 40.6 Å². The molecule has 162 valence electrons. The Morgan fingerprint density at radius 2 is 1.84 bits per heavy atom. The minimum atomic E-state index is -1.63. The zero-order valence-electron chi connectivity index (χ0n) is 17.5. The Morgan fingerprint density at radius 1 is 1.16 bits per heavy atom. The Bertz CT molecular complexity index is 1070. The van der Waals surface area contributed by atoms with Crippen molar-refractivity contribution in [1.29, 1.82) is 0 Å². The maximum absolute atomic E-state index is 13.5. The molecule has 31 heavy (non-hydrogen) atoms. The van der Waals surface area contributed by atoms with Gasteiger partial charge in [0.05, 0.1) is 24.6 Å². The Labute approximate surface area is 179 Å². The van der Waals surface area contributed by atoms with E-state index in [9.17, 15) is 24.6 Å². The first kappa shape index (κ1) is 20.9. The number of hydrogen-bond acceptors (Lipinski definition) is 6. The average molecular weight is 424 g/mol. The quantitative estimate of drug-likeness (QED) is 0.631. The van der Waals surface area contributed by atoms with Gasteiger partial charge in [-0.15, -0.1) is 0 Å². The van der Waals surface area contributed by atoms with Gasteiger partial charge in [0.1, 0.15) is 5.54 Å². The van der Waals surface area contributed by atoms with Gasteiger partial charge in [-0.3, -0.25) is 19.7 Å². The molecule has 4 rings (SSSR count). The summed E-state index contributed by atoms with van der Waals surface area (Å²) < 4.78 is 5.16. The third-order valence-corrected chi connectivity index (χ3v) is 6.40. The third kappa shape index (κ3) is 3.06. The lowest BCUT2D eigenvalue weighted by molar-refractivity contribution is -0.147. The summed E-state index contributed by atoms with van der Waals surface area (Å²) in [5.41, 5.74) is 0.412. The molecule has 0 bridgehead atoms. The molecule has 2 aliphatic rings. The van der Waals surface area contributed by atoms with E-state index in [1.165, 1.54) is 20.1 Å². The molecule has 0 aliphatic carbocycles. The molecule has 0 spiro atoms. The third-order valence-electron chi connectivity index (χ3n) is 6.40. The highest BCUT2D eigenvalue weighted by atomic mass is 16.5. The summed E-state index contributed by atoms with van der Waals surface area (Å²) in [7, 11) is 1.40. The van der Waals surface area contributed by atoms with Crippen molar-refractivity contribution >= 4 is 23.5 Å². The number of fused-ring (bicyclic) bond motifs is 1. The maximum Gasteiger partial charge on any atom is 0.324 e. The van der Waals surface area contributed by atoms with Crippen molar-refractivity contribution in [2.75, 3.05) is 12.0 Å². The van der Waals surface area contributed by atoms with E-state index >= 15 is 0 Å². The number of aliphatic carboxylic acids is 1. The molecule has 2 saturated heterocycles. The van der Waals surface area contributed by atoms with Gasteiger partial charge in [0, 0.05) is 6.04 Å². The second kappa shape index (κ2) is 7.39. The van der Waals surface area contributed by atoms with Gasteiger partial charge in [-0.1, -0.05) is 25.1 Å². The van der Waals surface area contributed by atoms with Crippen molar-refractivity contribution in [3.63, 3.8) is 0 Å². The van der Waals surface area contributed by atoms with E-state index in [1.54, 1.807) is 24.3 Å². The first-order chi connectivity index (χ1) is 14.7. The number of carboxylic acids is 1. The molecule has 8 nitrogen and oxygen atoms in total. The molecule has 2 fully saturated rings. The standard InChI is InChI=1S/C23H24N2O6/c1-4-12-5-8-14(9-6-12)25-20(27)17-18(21(25)28)23(2,22(29)30)24-19(17)13-7-10-15(26)16(11-13)31-3/h5-11,17-19,24,26H,4H2,1-3H3,(H,29,30). The van der Waals surface area contributed by atoms with Crippen molar-refractivity contribution in [3.8, 4) is 11.5 Å². The maximum atomic E-state index is 13.5. The van der Waals surface area contributed by atoms with Gasteiger partial charge in [-0.05, 0) is 48.7 Å². The van der Waals surface area contributed by atoms with E-state index in [0.29, 0.717) is 11.3 Å². The molecule has 0 saturated carbocycles. The summed E-state index contributed by atoms with van der Waals surface area (Å²) in [4.78, 5) is 40.1. The van der Waals surface area contributed by atoms with Crippen LogP contribution in [0.1, 0.15) is 31.0 Å². The van der Waals surface area contributed by atoms with E-state index in [2.05, 4.69) is 5.32 Å². The van der Waals surface area contributed by atoms with Crippen molar-refractivity contribution in [3.05, 3.63) is 53.6 Å². The Balaban J connectivity index is 1.80. The van der Waals surface area contributed by atoms with Gasteiger partial charge in [0.25, 0.3) is 0 Å². The topological polar surface area (TPSA) is 116 Å². The van der Waals surface area contributed by atoms with Crippen LogP contribution in [0.15, 0.2) is 42.5 Å². The number of hydrogen-bond donors (Lipinski definition) is 3. The van der Waals surface area contributed by atoms with Crippen LogP contribution in [0, 0.1) is 11.8 Å². The highest BCUT2D eigenvalue weighted by Gasteiger charge is 2.66. The molecule has 3 N–H and O–H groups in total. The van der Waals surface area contributed by atoms with E-state index in [0.717, 1.165) is 16.9 Å². The Hall–Kier alpha value is -3.39. The van der Waals surface area contributed by atoms with Crippen LogP contribution in [0.25, 0.3) is 0 Å². The van der Waals surface area contributed by atoms with Crippen LogP contribution < -0.4 is 15.0 Å². The number of nitrogens with zero attached hydrogens (tertiary/aromatic N) is 1. The normalized spacial score (nSPS) is 27.5. The average Bonchev–Trinajstić information content (AvgIpc) is 3.22.